The fraction of sp³-hybridized carbons (Fsp3) is 0.571. The highest BCUT2D eigenvalue weighted by molar-refractivity contribution is 5.17. The van der Waals surface area contributed by atoms with Crippen molar-refractivity contribution in [3.05, 3.63) is 35.9 Å². The monoisotopic (exact) mass is 235 g/mol. The summed E-state index contributed by atoms with van der Waals surface area (Å²) in [5.74, 6) is 0. The van der Waals surface area contributed by atoms with Gasteiger partial charge in [-0.25, -0.2) is 0 Å². The van der Waals surface area contributed by atoms with Gasteiger partial charge in [0, 0.05) is 18.7 Å². The van der Waals surface area contributed by atoms with Crippen molar-refractivity contribution < 1.29 is 9.84 Å². The Bertz CT molecular complexity index is 354. The van der Waals surface area contributed by atoms with Crippen LogP contribution >= 0.6 is 0 Å². The van der Waals surface area contributed by atoms with Crippen LogP contribution in [0.2, 0.25) is 0 Å². The lowest BCUT2D eigenvalue weighted by molar-refractivity contribution is 0.0800. The second-order valence-corrected chi connectivity index (χ2v) is 4.99. The molecule has 3 atom stereocenters. The molecule has 0 radical (unpaired) electrons. The first-order valence-electron chi connectivity index (χ1n) is 6.21. The molecule has 3 nitrogen and oxygen atoms in total. The van der Waals surface area contributed by atoms with Gasteiger partial charge in [0.25, 0.3) is 0 Å². The van der Waals surface area contributed by atoms with Gasteiger partial charge < -0.3 is 15.2 Å². The Morgan fingerprint density at radius 1 is 1.47 bits per heavy atom. The predicted octanol–water partition coefficient (Wildman–Crippen LogP) is 1.88. The van der Waals surface area contributed by atoms with E-state index in [4.69, 9.17) is 4.74 Å². The summed E-state index contributed by atoms with van der Waals surface area (Å²) < 4.78 is 5.56. The number of hydrogen-bond donors (Lipinski definition) is 2. The average Bonchev–Trinajstić information content (AvgIpc) is 2.68. The van der Waals surface area contributed by atoms with Gasteiger partial charge in [-0.15, -0.1) is 0 Å². The number of aliphatic hydroxyl groups is 1. The molecule has 2 N–H and O–H groups in total. The molecule has 0 bridgehead atoms. The highest BCUT2D eigenvalue weighted by Crippen LogP contribution is 2.25. The minimum atomic E-state index is -0.458. The highest BCUT2D eigenvalue weighted by atomic mass is 16.5. The Balaban J connectivity index is 1.90. The average molecular weight is 235 g/mol. The van der Waals surface area contributed by atoms with Crippen LogP contribution in [0.25, 0.3) is 0 Å². The van der Waals surface area contributed by atoms with Crippen molar-refractivity contribution >= 4 is 0 Å². The number of aliphatic hydroxyl groups excluding tert-OH is 1. The summed E-state index contributed by atoms with van der Waals surface area (Å²) in [6, 6.07) is 9.74. The Morgan fingerprint density at radius 2 is 2.18 bits per heavy atom. The molecule has 3 heteroatoms. The fourth-order valence-electron chi connectivity index (χ4n) is 2.19. The van der Waals surface area contributed by atoms with Crippen molar-refractivity contribution in [2.45, 2.75) is 38.0 Å². The molecular formula is C14H21NO2. The molecule has 1 saturated heterocycles. The topological polar surface area (TPSA) is 41.5 Å². The van der Waals surface area contributed by atoms with Crippen LogP contribution in [0.5, 0.6) is 0 Å². The normalized spacial score (nSPS) is 30.4. The third-order valence-corrected chi connectivity index (χ3v) is 3.77. The largest absolute Gasteiger partial charge is 0.387 e. The second kappa shape index (κ2) is 5.17. The summed E-state index contributed by atoms with van der Waals surface area (Å²) in [5, 5.41) is 13.5. The summed E-state index contributed by atoms with van der Waals surface area (Å²) in [6.07, 6.45) is 0.738. The van der Waals surface area contributed by atoms with E-state index in [0.29, 0.717) is 6.54 Å². The molecule has 0 amide bonds. The van der Waals surface area contributed by atoms with E-state index in [1.165, 1.54) is 0 Å². The van der Waals surface area contributed by atoms with Gasteiger partial charge in [0.1, 0.15) is 0 Å². The molecule has 1 aliphatic heterocycles. The van der Waals surface area contributed by atoms with Gasteiger partial charge in [0.05, 0.1) is 12.2 Å². The van der Waals surface area contributed by atoms with Crippen LogP contribution in [-0.2, 0) is 4.74 Å². The van der Waals surface area contributed by atoms with Crippen LogP contribution in [0.3, 0.4) is 0 Å². The summed E-state index contributed by atoms with van der Waals surface area (Å²) in [4.78, 5) is 0. The van der Waals surface area contributed by atoms with Gasteiger partial charge >= 0.3 is 0 Å². The summed E-state index contributed by atoms with van der Waals surface area (Å²) >= 11 is 0. The Morgan fingerprint density at radius 3 is 2.76 bits per heavy atom. The number of benzene rings is 1. The van der Waals surface area contributed by atoms with Gasteiger partial charge in [-0.3, -0.25) is 0 Å². The molecular weight excluding hydrogens is 214 g/mol. The van der Waals surface area contributed by atoms with E-state index in [1.807, 2.05) is 30.3 Å². The lowest BCUT2D eigenvalue weighted by atomic mass is 9.94. The molecule has 0 aromatic heterocycles. The molecule has 1 heterocycles. The molecule has 2 rings (SSSR count). The zero-order chi connectivity index (χ0) is 12.3. The Hall–Kier alpha value is -0.900. The van der Waals surface area contributed by atoms with Crippen LogP contribution in [0, 0.1) is 0 Å². The Labute approximate surface area is 103 Å². The summed E-state index contributed by atoms with van der Waals surface area (Å²) in [6.45, 7) is 5.59. The molecule has 1 aromatic carbocycles. The highest BCUT2D eigenvalue weighted by Gasteiger charge is 2.36. The third-order valence-electron chi connectivity index (χ3n) is 3.77. The second-order valence-electron chi connectivity index (χ2n) is 4.99. The maximum Gasteiger partial charge on any atom is 0.0914 e. The van der Waals surface area contributed by atoms with Crippen molar-refractivity contribution in [1.82, 2.24) is 5.32 Å². The molecule has 0 spiro atoms. The van der Waals surface area contributed by atoms with E-state index in [0.717, 1.165) is 18.6 Å². The quantitative estimate of drug-likeness (QED) is 0.837. The van der Waals surface area contributed by atoms with Crippen molar-refractivity contribution in [1.29, 1.82) is 0 Å². The minimum Gasteiger partial charge on any atom is -0.387 e. The Kier molecular flexibility index (Phi) is 3.82. The molecule has 0 aliphatic carbocycles. The first-order chi connectivity index (χ1) is 8.12. The minimum absolute atomic E-state index is 0.0181. The molecule has 17 heavy (non-hydrogen) atoms. The molecule has 3 unspecified atom stereocenters. The van der Waals surface area contributed by atoms with Crippen molar-refractivity contribution in [2.75, 3.05) is 13.2 Å². The van der Waals surface area contributed by atoms with E-state index in [9.17, 15) is 5.11 Å². The van der Waals surface area contributed by atoms with Gasteiger partial charge in [-0.05, 0) is 25.8 Å². The maximum atomic E-state index is 10.1. The zero-order valence-corrected chi connectivity index (χ0v) is 10.5. The van der Waals surface area contributed by atoms with Crippen LogP contribution in [-0.4, -0.2) is 29.9 Å². The third kappa shape index (κ3) is 2.86. The smallest absolute Gasteiger partial charge is 0.0914 e. The number of ether oxygens (including phenoxy) is 1. The van der Waals surface area contributed by atoms with Crippen molar-refractivity contribution in [3.8, 4) is 0 Å². The summed E-state index contributed by atoms with van der Waals surface area (Å²) in [5.41, 5.74) is 0.936. The van der Waals surface area contributed by atoms with Gasteiger partial charge in [0.15, 0.2) is 0 Å². The number of rotatable bonds is 4. The first-order valence-corrected chi connectivity index (χ1v) is 6.21. The van der Waals surface area contributed by atoms with E-state index < -0.39 is 6.10 Å². The predicted molar refractivity (Wildman–Crippen MR) is 67.8 cm³/mol. The van der Waals surface area contributed by atoms with Crippen molar-refractivity contribution in [3.63, 3.8) is 0 Å². The van der Waals surface area contributed by atoms with Crippen LogP contribution < -0.4 is 5.32 Å². The number of nitrogens with one attached hydrogen (secondary N) is 1. The van der Waals surface area contributed by atoms with Crippen LogP contribution in [0.1, 0.15) is 31.9 Å². The molecule has 1 fully saturated rings. The molecule has 94 valence electrons. The summed E-state index contributed by atoms with van der Waals surface area (Å²) in [7, 11) is 0. The fourth-order valence-corrected chi connectivity index (χ4v) is 2.19. The van der Waals surface area contributed by atoms with E-state index >= 15 is 0 Å². The number of β-amino-alcohol motifs (C(OH)–C–C–N with tert-alkyl or cyclic N) is 1. The lowest BCUT2D eigenvalue weighted by Gasteiger charge is -2.30. The van der Waals surface area contributed by atoms with Gasteiger partial charge in [0.2, 0.25) is 0 Å². The van der Waals surface area contributed by atoms with Gasteiger partial charge in [-0.2, -0.15) is 0 Å². The van der Waals surface area contributed by atoms with Gasteiger partial charge in [-0.1, -0.05) is 30.3 Å². The van der Waals surface area contributed by atoms with E-state index in [1.54, 1.807) is 0 Å². The molecule has 0 saturated carbocycles. The SMILES string of the molecule is CC1OCCC1(C)NCC(O)c1ccccc1. The standard InChI is InChI=1S/C14H21NO2/c1-11-14(2,8-9-17-11)15-10-13(16)12-6-4-3-5-7-12/h3-7,11,13,15-16H,8-10H2,1-2H3. The maximum absolute atomic E-state index is 10.1. The molecule has 1 aliphatic rings. The number of hydrogen-bond acceptors (Lipinski definition) is 3. The van der Waals surface area contributed by atoms with E-state index in [-0.39, 0.29) is 11.6 Å². The first kappa shape index (κ1) is 12.6. The van der Waals surface area contributed by atoms with Crippen molar-refractivity contribution in [2.24, 2.45) is 0 Å². The zero-order valence-electron chi connectivity index (χ0n) is 10.5. The van der Waals surface area contributed by atoms with Crippen LogP contribution in [0.15, 0.2) is 30.3 Å². The molecule has 1 aromatic rings. The van der Waals surface area contributed by atoms with Crippen LogP contribution in [0.4, 0.5) is 0 Å². The van der Waals surface area contributed by atoms with E-state index in [2.05, 4.69) is 19.2 Å². The lowest BCUT2D eigenvalue weighted by Crippen LogP contribution is -2.49.